The molecule has 138 valence electrons. The lowest BCUT2D eigenvalue weighted by Gasteiger charge is -2.27. The molecule has 0 radical (unpaired) electrons. The van der Waals surface area contributed by atoms with Crippen LogP contribution in [0.1, 0.15) is 35.7 Å². The summed E-state index contributed by atoms with van der Waals surface area (Å²) in [5.41, 5.74) is 3.57. The number of nitrogens with one attached hydrogen (secondary N) is 1. The summed E-state index contributed by atoms with van der Waals surface area (Å²) < 4.78 is 0. The van der Waals surface area contributed by atoms with Gasteiger partial charge in [0, 0.05) is 42.7 Å². The van der Waals surface area contributed by atoms with Gasteiger partial charge in [-0.25, -0.2) is 0 Å². The van der Waals surface area contributed by atoms with Gasteiger partial charge in [0.05, 0.1) is 0 Å². The van der Waals surface area contributed by atoms with Crippen molar-refractivity contribution >= 4 is 23.1 Å². The first kappa shape index (κ1) is 17.5. The highest BCUT2D eigenvalue weighted by Crippen LogP contribution is 2.38. The Balaban J connectivity index is 1.40. The largest absolute Gasteiger partial charge is 0.334 e. The summed E-state index contributed by atoms with van der Waals surface area (Å²) in [7, 11) is 0. The number of rotatable bonds is 4. The Bertz CT molecular complexity index is 874. The molecule has 2 heterocycles. The van der Waals surface area contributed by atoms with Gasteiger partial charge in [-0.1, -0.05) is 19.1 Å². The highest BCUT2D eigenvalue weighted by Gasteiger charge is 2.39. The number of hydrogen-bond donors (Lipinski definition) is 1. The van der Waals surface area contributed by atoms with E-state index in [0.717, 1.165) is 29.7 Å². The molecule has 0 saturated heterocycles. The summed E-state index contributed by atoms with van der Waals surface area (Å²) in [5, 5.41) is 2.93. The molecule has 0 bridgehead atoms. The molecule has 2 atom stereocenters. The van der Waals surface area contributed by atoms with Gasteiger partial charge in [-0.05, 0) is 60.2 Å². The van der Waals surface area contributed by atoms with Crippen LogP contribution in [0.15, 0.2) is 54.9 Å². The zero-order chi connectivity index (χ0) is 18.8. The topological polar surface area (TPSA) is 62.3 Å². The zero-order valence-corrected chi connectivity index (χ0v) is 15.4. The standard InChI is InChI=1S/C22H23N3O2/c1-15-12-20(15)21(26)24-19-8-6-16(7-9-19)22(27)25-11-3-5-18(14-25)17-4-2-10-23-13-17/h2,4-10,13,15,20H,3,11-12,14H2,1H3,(H,24,26). The van der Waals surface area contributed by atoms with Crippen LogP contribution in [0.2, 0.25) is 0 Å². The SMILES string of the molecule is CC1CC1C(=O)Nc1ccc(C(=O)N2CCC=C(c3cccnc3)C2)cc1. The third kappa shape index (κ3) is 3.92. The van der Waals surface area contributed by atoms with Gasteiger partial charge in [-0.3, -0.25) is 14.6 Å². The van der Waals surface area contributed by atoms with Crippen molar-refractivity contribution in [3.8, 4) is 0 Å². The third-order valence-electron chi connectivity index (χ3n) is 5.32. The minimum Gasteiger partial charge on any atom is -0.334 e. The lowest BCUT2D eigenvalue weighted by Crippen LogP contribution is -2.35. The third-order valence-corrected chi connectivity index (χ3v) is 5.32. The van der Waals surface area contributed by atoms with Crippen molar-refractivity contribution in [1.29, 1.82) is 0 Å². The molecule has 2 unspecified atom stereocenters. The second kappa shape index (κ2) is 7.35. The maximum absolute atomic E-state index is 12.9. The Labute approximate surface area is 159 Å². The molecule has 2 aromatic rings. The Morgan fingerprint density at radius 1 is 1.19 bits per heavy atom. The van der Waals surface area contributed by atoms with Gasteiger partial charge in [-0.15, -0.1) is 0 Å². The first-order chi connectivity index (χ1) is 13.1. The van der Waals surface area contributed by atoms with Crippen LogP contribution >= 0.6 is 0 Å². The zero-order valence-electron chi connectivity index (χ0n) is 15.4. The molecule has 1 aromatic carbocycles. The van der Waals surface area contributed by atoms with Crippen molar-refractivity contribution in [3.63, 3.8) is 0 Å². The van der Waals surface area contributed by atoms with Crippen LogP contribution in [0.4, 0.5) is 5.69 Å². The Morgan fingerprint density at radius 3 is 2.63 bits per heavy atom. The van der Waals surface area contributed by atoms with E-state index in [1.54, 1.807) is 30.5 Å². The van der Waals surface area contributed by atoms with E-state index in [4.69, 9.17) is 0 Å². The maximum atomic E-state index is 12.9. The molecular weight excluding hydrogens is 338 g/mol. The normalized spacial score (nSPS) is 21.4. The fourth-order valence-corrected chi connectivity index (χ4v) is 3.48. The maximum Gasteiger partial charge on any atom is 0.254 e. The second-order valence-corrected chi connectivity index (χ2v) is 7.37. The molecule has 2 amide bonds. The number of amides is 2. The molecular formula is C22H23N3O2. The van der Waals surface area contributed by atoms with Crippen molar-refractivity contribution in [1.82, 2.24) is 9.88 Å². The van der Waals surface area contributed by atoms with Crippen LogP contribution < -0.4 is 5.32 Å². The van der Waals surface area contributed by atoms with Gasteiger partial charge in [0.15, 0.2) is 0 Å². The minimum atomic E-state index is 0.0122. The van der Waals surface area contributed by atoms with Crippen LogP contribution in [0, 0.1) is 11.8 Å². The second-order valence-electron chi connectivity index (χ2n) is 7.37. The molecule has 2 aliphatic rings. The van der Waals surface area contributed by atoms with Crippen LogP contribution in [-0.2, 0) is 4.79 Å². The molecule has 27 heavy (non-hydrogen) atoms. The van der Waals surface area contributed by atoms with E-state index in [2.05, 4.69) is 23.3 Å². The minimum absolute atomic E-state index is 0.0122. The summed E-state index contributed by atoms with van der Waals surface area (Å²) in [6.07, 6.45) is 7.56. The summed E-state index contributed by atoms with van der Waals surface area (Å²) in [6, 6.07) is 11.1. The average molecular weight is 361 g/mol. The molecule has 1 fully saturated rings. The van der Waals surface area contributed by atoms with Gasteiger partial charge in [0.1, 0.15) is 0 Å². The molecule has 5 nitrogen and oxygen atoms in total. The van der Waals surface area contributed by atoms with E-state index in [1.165, 1.54) is 0 Å². The van der Waals surface area contributed by atoms with Crippen LogP contribution in [0.25, 0.3) is 5.57 Å². The monoisotopic (exact) mass is 361 g/mol. The first-order valence-electron chi connectivity index (χ1n) is 9.41. The summed E-state index contributed by atoms with van der Waals surface area (Å²) in [6.45, 7) is 3.38. The Hall–Kier alpha value is -2.95. The number of nitrogens with zero attached hydrogens (tertiary/aromatic N) is 2. The number of carbonyl (C=O) groups is 2. The smallest absolute Gasteiger partial charge is 0.254 e. The summed E-state index contributed by atoms with van der Waals surface area (Å²) >= 11 is 0. The first-order valence-corrected chi connectivity index (χ1v) is 9.41. The average Bonchev–Trinajstić information content (AvgIpc) is 3.46. The van der Waals surface area contributed by atoms with Crippen molar-refractivity contribution < 1.29 is 9.59 Å². The van der Waals surface area contributed by atoms with E-state index >= 15 is 0 Å². The molecule has 1 aliphatic carbocycles. The summed E-state index contributed by atoms with van der Waals surface area (Å²) in [5.74, 6) is 0.700. The molecule has 4 rings (SSSR count). The fourth-order valence-electron chi connectivity index (χ4n) is 3.48. The van der Waals surface area contributed by atoms with Crippen molar-refractivity contribution in [3.05, 3.63) is 66.0 Å². The number of anilines is 1. The van der Waals surface area contributed by atoms with Gasteiger partial charge in [0.2, 0.25) is 5.91 Å². The Kier molecular flexibility index (Phi) is 4.75. The van der Waals surface area contributed by atoms with Crippen molar-refractivity contribution in [2.75, 3.05) is 18.4 Å². The Morgan fingerprint density at radius 2 is 1.96 bits per heavy atom. The highest BCUT2D eigenvalue weighted by atomic mass is 16.2. The van der Waals surface area contributed by atoms with Crippen molar-refractivity contribution in [2.24, 2.45) is 11.8 Å². The van der Waals surface area contributed by atoms with Crippen LogP contribution in [0.3, 0.4) is 0 Å². The highest BCUT2D eigenvalue weighted by molar-refractivity contribution is 5.97. The van der Waals surface area contributed by atoms with E-state index < -0.39 is 0 Å². The lowest BCUT2D eigenvalue weighted by molar-refractivity contribution is -0.117. The van der Waals surface area contributed by atoms with Gasteiger partial charge >= 0.3 is 0 Å². The van der Waals surface area contributed by atoms with E-state index in [9.17, 15) is 9.59 Å². The van der Waals surface area contributed by atoms with Gasteiger partial charge in [-0.2, -0.15) is 0 Å². The summed E-state index contributed by atoms with van der Waals surface area (Å²) in [4.78, 5) is 30.9. The predicted molar refractivity (Wildman–Crippen MR) is 105 cm³/mol. The number of aromatic nitrogens is 1. The van der Waals surface area contributed by atoms with E-state index in [1.807, 2.05) is 23.2 Å². The fraction of sp³-hybridized carbons (Fsp3) is 0.318. The van der Waals surface area contributed by atoms with Crippen LogP contribution in [-0.4, -0.2) is 34.8 Å². The molecule has 1 aromatic heterocycles. The quantitative estimate of drug-likeness (QED) is 0.905. The molecule has 1 N–H and O–H groups in total. The van der Waals surface area contributed by atoms with E-state index in [-0.39, 0.29) is 17.7 Å². The molecule has 0 spiro atoms. The van der Waals surface area contributed by atoms with Gasteiger partial charge in [0.25, 0.3) is 5.91 Å². The number of pyridine rings is 1. The molecule has 1 saturated carbocycles. The number of carbonyl (C=O) groups excluding carboxylic acids is 2. The van der Waals surface area contributed by atoms with Crippen molar-refractivity contribution in [2.45, 2.75) is 19.8 Å². The van der Waals surface area contributed by atoms with E-state index in [0.29, 0.717) is 24.6 Å². The van der Waals surface area contributed by atoms with Crippen LogP contribution in [0.5, 0.6) is 0 Å². The predicted octanol–water partition coefficient (Wildman–Crippen LogP) is 3.61. The number of benzene rings is 1. The lowest BCUT2D eigenvalue weighted by atomic mass is 10.0. The van der Waals surface area contributed by atoms with Gasteiger partial charge < -0.3 is 10.2 Å². The number of hydrogen-bond acceptors (Lipinski definition) is 3. The molecule has 5 heteroatoms. The molecule has 1 aliphatic heterocycles.